The molecule has 1 aromatic heterocycles. The lowest BCUT2D eigenvalue weighted by Crippen LogP contribution is -2.48. The molecular weight excluding hydrogens is 448 g/mol. The van der Waals surface area contributed by atoms with Crippen LogP contribution in [0.4, 0.5) is 4.79 Å². The molecule has 34 heavy (non-hydrogen) atoms. The Morgan fingerprint density at radius 2 is 1.82 bits per heavy atom. The third-order valence-corrected chi connectivity index (χ3v) is 7.26. The van der Waals surface area contributed by atoms with E-state index < -0.39 is 0 Å². The summed E-state index contributed by atoms with van der Waals surface area (Å²) in [7, 11) is 0. The SMILES string of the molecule is C#CCOC(=O)N1CCC(c2nc(C(=O)N3CCN(C/C=C\c4ccccc4)CC3)cs2)CC1. The predicted molar refractivity (Wildman–Crippen MR) is 134 cm³/mol. The van der Waals surface area contributed by atoms with Crippen LogP contribution in [0.1, 0.15) is 39.8 Å². The summed E-state index contributed by atoms with van der Waals surface area (Å²) in [5.41, 5.74) is 1.73. The van der Waals surface area contributed by atoms with Crippen molar-refractivity contribution >= 4 is 29.4 Å². The fourth-order valence-electron chi connectivity index (χ4n) is 4.27. The quantitative estimate of drug-likeness (QED) is 0.594. The summed E-state index contributed by atoms with van der Waals surface area (Å²) in [5.74, 6) is 2.58. The van der Waals surface area contributed by atoms with Crippen LogP contribution in [0.15, 0.2) is 41.8 Å². The Balaban J connectivity index is 1.22. The lowest BCUT2D eigenvalue weighted by Gasteiger charge is -2.33. The molecule has 1 aromatic carbocycles. The molecule has 2 amide bonds. The molecule has 0 saturated carbocycles. The Kier molecular flexibility index (Phi) is 8.34. The average molecular weight is 479 g/mol. The highest BCUT2D eigenvalue weighted by atomic mass is 32.1. The number of ether oxygens (including phenoxy) is 1. The van der Waals surface area contributed by atoms with Gasteiger partial charge in [-0.2, -0.15) is 0 Å². The van der Waals surface area contributed by atoms with Gasteiger partial charge in [0.15, 0.2) is 6.61 Å². The van der Waals surface area contributed by atoms with Crippen LogP contribution in [0, 0.1) is 12.3 Å². The molecule has 2 aliphatic rings. The van der Waals surface area contributed by atoms with Crippen molar-refractivity contribution in [3.63, 3.8) is 0 Å². The zero-order valence-corrected chi connectivity index (χ0v) is 20.1. The lowest BCUT2D eigenvalue weighted by molar-refractivity contribution is 0.0645. The van der Waals surface area contributed by atoms with Crippen molar-refractivity contribution in [3.05, 3.63) is 58.1 Å². The summed E-state index contributed by atoms with van der Waals surface area (Å²) in [4.78, 5) is 35.6. The van der Waals surface area contributed by atoms with E-state index in [1.165, 1.54) is 5.56 Å². The first-order valence-electron chi connectivity index (χ1n) is 11.7. The molecule has 4 rings (SSSR count). The molecule has 178 valence electrons. The van der Waals surface area contributed by atoms with Crippen molar-refractivity contribution in [2.75, 3.05) is 52.4 Å². The predicted octanol–water partition coefficient (Wildman–Crippen LogP) is 3.56. The Bertz CT molecular complexity index is 1030. The summed E-state index contributed by atoms with van der Waals surface area (Å²) in [6, 6.07) is 10.3. The third kappa shape index (κ3) is 6.25. The first-order valence-corrected chi connectivity index (χ1v) is 12.6. The number of aromatic nitrogens is 1. The van der Waals surface area contributed by atoms with Gasteiger partial charge in [-0.3, -0.25) is 9.69 Å². The second kappa shape index (κ2) is 11.8. The standard InChI is InChI=1S/C26H30N4O3S/c1-2-19-33-26(32)30-13-10-22(11-14-30)24-27-23(20-34-24)25(31)29-17-15-28(16-18-29)12-6-9-21-7-4-3-5-8-21/h1,3-9,20,22H,10-19H2/b9-6-. The molecule has 2 saturated heterocycles. The van der Waals surface area contributed by atoms with Crippen LogP contribution in [0.5, 0.6) is 0 Å². The van der Waals surface area contributed by atoms with E-state index in [9.17, 15) is 9.59 Å². The van der Waals surface area contributed by atoms with Crippen LogP contribution in [0.25, 0.3) is 6.08 Å². The van der Waals surface area contributed by atoms with Gasteiger partial charge in [-0.1, -0.05) is 48.4 Å². The van der Waals surface area contributed by atoms with Gasteiger partial charge in [-0.15, -0.1) is 17.8 Å². The largest absolute Gasteiger partial charge is 0.436 e. The molecule has 0 spiro atoms. The van der Waals surface area contributed by atoms with Gasteiger partial charge in [0.05, 0.1) is 5.01 Å². The average Bonchev–Trinajstić information content (AvgIpc) is 3.38. The second-order valence-electron chi connectivity index (χ2n) is 8.50. The number of hydrogen-bond acceptors (Lipinski definition) is 6. The van der Waals surface area contributed by atoms with Crippen LogP contribution in [0.2, 0.25) is 0 Å². The molecule has 0 atom stereocenters. The number of amides is 2. The monoisotopic (exact) mass is 478 g/mol. The van der Waals surface area contributed by atoms with Gasteiger partial charge in [0.2, 0.25) is 0 Å². The number of piperazine rings is 1. The van der Waals surface area contributed by atoms with Crippen molar-refractivity contribution in [1.82, 2.24) is 19.7 Å². The van der Waals surface area contributed by atoms with Crippen LogP contribution in [-0.2, 0) is 4.74 Å². The number of nitrogens with zero attached hydrogens (tertiary/aromatic N) is 4. The van der Waals surface area contributed by atoms with Gasteiger partial charge in [0.25, 0.3) is 5.91 Å². The number of piperidine rings is 1. The van der Waals surface area contributed by atoms with E-state index in [4.69, 9.17) is 11.2 Å². The van der Waals surface area contributed by atoms with Crippen molar-refractivity contribution in [2.45, 2.75) is 18.8 Å². The molecular formula is C26H30N4O3S. The van der Waals surface area contributed by atoms with E-state index >= 15 is 0 Å². The van der Waals surface area contributed by atoms with Crippen LogP contribution >= 0.6 is 11.3 Å². The van der Waals surface area contributed by atoms with Gasteiger partial charge in [-0.25, -0.2) is 9.78 Å². The highest BCUT2D eigenvalue weighted by Gasteiger charge is 2.28. The number of likely N-dealkylation sites (tertiary alicyclic amines) is 1. The number of rotatable bonds is 6. The first-order chi connectivity index (χ1) is 16.6. The van der Waals surface area contributed by atoms with E-state index in [1.807, 2.05) is 28.5 Å². The molecule has 2 fully saturated rings. The number of carbonyl (C=O) groups excluding carboxylic acids is 2. The van der Waals surface area contributed by atoms with Gasteiger partial charge in [-0.05, 0) is 18.4 Å². The lowest BCUT2D eigenvalue weighted by atomic mass is 9.98. The fourth-order valence-corrected chi connectivity index (χ4v) is 5.24. The molecule has 3 heterocycles. The Hall–Kier alpha value is -3.15. The number of carbonyl (C=O) groups is 2. The Morgan fingerprint density at radius 3 is 2.53 bits per heavy atom. The Labute approximate surface area is 205 Å². The normalized spacial score (nSPS) is 17.6. The van der Waals surface area contributed by atoms with Gasteiger partial charge >= 0.3 is 6.09 Å². The molecule has 2 aromatic rings. The highest BCUT2D eigenvalue weighted by Crippen LogP contribution is 2.31. The summed E-state index contributed by atoms with van der Waals surface area (Å²) < 4.78 is 5.00. The number of hydrogen-bond donors (Lipinski definition) is 0. The zero-order valence-electron chi connectivity index (χ0n) is 19.3. The van der Waals surface area contributed by atoms with Gasteiger partial charge < -0.3 is 14.5 Å². The van der Waals surface area contributed by atoms with Gasteiger partial charge in [0.1, 0.15) is 5.69 Å². The van der Waals surface area contributed by atoms with E-state index in [2.05, 4.69) is 40.1 Å². The fraction of sp³-hybridized carbons (Fsp3) is 0.423. The molecule has 8 heteroatoms. The van der Waals surface area contributed by atoms with Crippen molar-refractivity contribution in [1.29, 1.82) is 0 Å². The van der Waals surface area contributed by atoms with Crippen molar-refractivity contribution in [3.8, 4) is 12.3 Å². The summed E-state index contributed by atoms with van der Waals surface area (Å²) in [6.45, 7) is 5.23. The third-order valence-electron chi connectivity index (χ3n) is 6.26. The first kappa shape index (κ1) is 24.0. The van der Waals surface area contributed by atoms with Crippen LogP contribution in [0.3, 0.4) is 0 Å². The topological polar surface area (TPSA) is 66.0 Å². The maximum atomic E-state index is 13.0. The number of thiazole rings is 1. The molecule has 0 radical (unpaired) electrons. The van der Waals surface area contributed by atoms with Crippen molar-refractivity contribution in [2.24, 2.45) is 0 Å². The summed E-state index contributed by atoms with van der Waals surface area (Å²) in [5, 5.41) is 2.85. The molecule has 2 aliphatic heterocycles. The maximum Gasteiger partial charge on any atom is 0.410 e. The number of terminal acetylenes is 1. The molecule has 0 unspecified atom stereocenters. The second-order valence-corrected chi connectivity index (χ2v) is 9.39. The Morgan fingerprint density at radius 1 is 1.09 bits per heavy atom. The minimum Gasteiger partial charge on any atom is -0.436 e. The zero-order chi connectivity index (χ0) is 23.8. The van der Waals surface area contributed by atoms with Gasteiger partial charge in [0, 0.05) is 57.1 Å². The molecule has 0 N–H and O–H groups in total. The van der Waals surface area contributed by atoms with E-state index in [0.29, 0.717) is 31.9 Å². The van der Waals surface area contributed by atoms with Crippen molar-refractivity contribution < 1.29 is 14.3 Å². The van der Waals surface area contributed by atoms with E-state index in [0.717, 1.165) is 37.5 Å². The minimum atomic E-state index is -0.360. The van der Waals surface area contributed by atoms with Crippen LogP contribution in [-0.4, -0.2) is 84.1 Å². The van der Waals surface area contributed by atoms with E-state index in [-0.39, 0.29) is 24.5 Å². The molecule has 0 aliphatic carbocycles. The van der Waals surface area contributed by atoms with E-state index in [1.54, 1.807) is 16.2 Å². The summed E-state index contributed by atoms with van der Waals surface area (Å²) >= 11 is 1.54. The minimum absolute atomic E-state index is 0.00460. The summed E-state index contributed by atoms with van der Waals surface area (Å²) in [6.07, 6.45) is 10.7. The van der Waals surface area contributed by atoms with Crippen LogP contribution < -0.4 is 0 Å². The smallest absolute Gasteiger partial charge is 0.410 e. The molecule has 0 bridgehead atoms. The molecule has 7 nitrogen and oxygen atoms in total. The maximum absolute atomic E-state index is 13.0. The highest BCUT2D eigenvalue weighted by molar-refractivity contribution is 7.09. The number of benzene rings is 1.